The number of methoxy groups -OCH3 is 1. The molecule has 2 aromatic carbocycles. The number of hydrogen-bond donors (Lipinski definition) is 3. The molecule has 0 aliphatic rings. The largest absolute Gasteiger partial charge is 0.496 e. The highest BCUT2D eigenvalue weighted by molar-refractivity contribution is 5.84. The first-order valence-corrected chi connectivity index (χ1v) is 10.5. The first-order chi connectivity index (χ1) is 15.6. The Morgan fingerprint density at radius 2 is 1.82 bits per heavy atom. The van der Waals surface area contributed by atoms with Gasteiger partial charge in [-0.1, -0.05) is 29.8 Å². The fraction of sp³-hybridized carbons (Fsp3) is 0.269. The zero-order valence-corrected chi connectivity index (χ0v) is 19.2. The molecular weight excluding hydrogens is 420 g/mol. The Morgan fingerprint density at radius 1 is 1.06 bits per heavy atom. The zero-order valence-electron chi connectivity index (χ0n) is 19.2. The van der Waals surface area contributed by atoms with Gasteiger partial charge in [0, 0.05) is 29.4 Å². The molecule has 3 rings (SSSR count). The highest BCUT2D eigenvalue weighted by atomic mass is 16.5. The lowest BCUT2D eigenvalue weighted by Crippen LogP contribution is -2.29. The number of aryl methyl sites for hydroxylation is 1. The summed E-state index contributed by atoms with van der Waals surface area (Å²) >= 11 is 0. The number of nitrogens with zero attached hydrogens (tertiary/aromatic N) is 1. The first-order valence-electron chi connectivity index (χ1n) is 10.5. The van der Waals surface area contributed by atoms with Crippen LogP contribution in [0.3, 0.4) is 0 Å². The second kappa shape index (κ2) is 9.73. The van der Waals surface area contributed by atoms with E-state index in [1.54, 1.807) is 32.2 Å². The number of aliphatic carboxylic acids is 2. The fourth-order valence-corrected chi connectivity index (χ4v) is 3.65. The lowest BCUT2D eigenvalue weighted by atomic mass is 9.81. The molecule has 1 aromatic heterocycles. The Bertz CT molecular complexity index is 1170. The van der Waals surface area contributed by atoms with Crippen LogP contribution >= 0.6 is 0 Å². The van der Waals surface area contributed by atoms with E-state index in [1.165, 1.54) is 12.7 Å². The minimum Gasteiger partial charge on any atom is -0.496 e. The second-order valence-corrected chi connectivity index (χ2v) is 8.49. The van der Waals surface area contributed by atoms with E-state index < -0.39 is 17.4 Å². The van der Waals surface area contributed by atoms with Crippen LogP contribution < -0.4 is 10.1 Å². The van der Waals surface area contributed by atoms with E-state index in [9.17, 15) is 19.8 Å². The molecule has 7 nitrogen and oxygen atoms in total. The molecule has 0 bridgehead atoms. The minimum absolute atomic E-state index is 0.276. The summed E-state index contributed by atoms with van der Waals surface area (Å²) in [5.74, 6) is -1.09. The number of rotatable bonds is 9. The predicted octanol–water partition coefficient (Wildman–Crippen LogP) is 4.67. The van der Waals surface area contributed by atoms with Crippen molar-refractivity contribution in [3.8, 4) is 16.9 Å². The van der Waals surface area contributed by atoms with Crippen LogP contribution in [0, 0.1) is 6.92 Å². The Labute approximate surface area is 193 Å². The van der Waals surface area contributed by atoms with Crippen molar-refractivity contribution in [1.82, 2.24) is 4.98 Å². The quantitative estimate of drug-likeness (QED) is 0.437. The molecular formula is C26H28N2O5. The van der Waals surface area contributed by atoms with Crippen molar-refractivity contribution in [2.24, 2.45) is 0 Å². The van der Waals surface area contributed by atoms with Crippen LogP contribution in [0.5, 0.6) is 5.75 Å². The van der Waals surface area contributed by atoms with Crippen LogP contribution in [0.4, 0.5) is 5.82 Å². The van der Waals surface area contributed by atoms with Gasteiger partial charge in [0.15, 0.2) is 0 Å². The summed E-state index contributed by atoms with van der Waals surface area (Å²) in [5, 5.41) is 22.4. The van der Waals surface area contributed by atoms with Gasteiger partial charge in [0.25, 0.3) is 0 Å². The molecule has 0 aliphatic carbocycles. The molecule has 33 heavy (non-hydrogen) atoms. The minimum atomic E-state index is -1.28. The van der Waals surface area contributed by atoms with Crippen LogP contribution in [0.1, 0.15) is 36.1 Å². The summed E-state index contributed by atoms with van der Waals surface area (Å²) < 4.78 is 5.45. The van der Waals surface area contributed by atoms with Crippen molar-refractivity contribution >= 4 is 17.8 Å². The molecule has 0 fully saturated rings. The molecule has 0 radical (unpaired) electrons. The van der Waals surface area contributed by atoms with Crippen molar-refractivity contribution in [3.63, 3.8) is 0 Å². The lowest BCUT2D eigenvalue weighted by Gasteiger charge is -2.25. The first kappa shape index (κ1) is 23.8. The molecule has 0 saturated carbocycles. The molecule has 0 spiro atoms. The smallest absolute Gasteiger partial charge is 0.313 e. The van der Waals surface area contributed by atoms with E-state index in [-0.39, 0.29) is 12.2 Å². The average Bonchev–Trinajstić information content (AvgIpc) is 2.77. The normalized spacial score (nSPS) is 11.2. The number of aromatic nitrogens is 1. The number of nitrogens with one attached hydrogen (secondary N) is 1. The summed E-state index contributed by atoms with van der Waals surface area (Å²) in [6.45, 7) is 5.82. The zero-order chi connectivity index (χ0) is 24.2. The van der Waals surface area contributed by atoms with Crippen molar-refractivity contribution in [3.05, 3.63) is 77.0 Å². The second-order valence-electron chi connectivity index (χ2n) is 8.49. The topological polar surface area (TPSA) is 109 Å². The Kier molecular flexibility index (Phi) is 7.01. The van der Waals surface area contributed by atoms with E-state index in [0.29, 0.717) is 29.1 Å². The van der Waals surface area contributed by atoms with Crippen molar-refractivity contribution in [2.75, 3.05) is 12.4 Å². The number of carboxylic acids is 2. The molecule has 0 amide bonds. The van der Waals surface area contributed by atoms with Crippen LogP contribution in [0.15, 0.2) is 54.7 Å². The van der Waals surface area contributed by atoms with Gasteiger partial charge in [0.1, 0.15) is 11.6 Å². The molecule has 3 N–H and O–H groups in total. The molecule has 1 heterocycles. The van der Waals surface area contributed by atoms with Crippen LogP contribution in [0.25, 0.3) is 11.1 Å². The van der Waals surface area contributed by atoms with E-state index >= 15 is 0 Å². The van der Waals surface area contributed by atoms with Gasteiger partial charge in [0.2, 0.25) is 0 Å². The van der Waals surface area contributed by atoms with Gasteiger partial charge in [-0.25, -0.2) is 4.98 Å². The van der Waals surface area contributed by atoms with Gasteiger partial charge in [0.05, 0.1) is 18.9 Å². The Hall–Kier alpha value is -3.87. The standard InChI is InChI=1S/C26H28N2O5/c1-16-6-5-7-17(10-16)14-27-22-9-8-18(15-28-22)19-11-20(13-23(29)30)24(33-4)21(12-19)26(2,3)25(31)32/h5-12,15H,13-14H2,1-4H3,(H,27,28)(H,29,30)(H,31,32). The van der Waals surface area contributed by atoms with Gasteiger partial charge in [-0.15, -0.1) is 0 Å². The Morgan fingerprint density at radius 3 is 2.39 bits per heavy atom. The summed E-state index contributed by atoms with van der Waals surface area (Å²) in [6.07, 6.45) is 1.39. The number of pyridine rings is 1. The van der Waals surface area contributed by atoms with Crippen LogP contribution in [-0.4, -0.2) is 34.2 Å². The SMILES string of the molecule is COc1c(CC(=O)O)cc(-c2ccc(NCc3cccc(C)c3)nc2)cc1C(C)(C)C(=O)O. The highest BCUT2D eigenvalue weighted by Gasteiger charge is 2.34. The summed E-state index contributed by atoms with van der Waals surface area (Å²) in [4.78, 5) is 27.9. The molecule has 3 aromatic rings. The number of ether oxygens (including phenoxy) is 1. The number of carbonyl (C=O) groups is 2. The summed E-state index contributed by atoms with van der Waals surface area (Å²) in [7, 11) is 1.41. The summed E-state index contributed by atoms with van der Waals surface area (Å²) in [5.41, 5.74) is 3.30. The van der Waals surface area contributed by atoms with Crippen molar-refractivity contribution in [1.29, 1.82) is 0 Å². The molecule has 0 unspecified atom stereocenters. The van der Waals surface area contributed by atoms with Crippen molar-refractivity contribution in [2.45, 2.75) is 39.2 Å². The van der Waals surface area contributed by atoms with Crippen LogP contribution in [-0.2, 0) is 28.0 Å². The molecule has 172 valence electrons. The lowest BCUT2D eigenvalue weighted by molar-refractivity contribution is -0.142. The average molecular weight is 449 g/mol. The molecule has 0 aliphatic heterocycles. The fourth-order valence-electron chi connectivity index (χ4n) is 3.65. The third kappa shape index (κ3) is 5.49. The Balaban J connectivity index is 1.95. The van der Waals surface area contributed by atoms with E-state index in [0.717, 1.165) is 11.1 Å². The van der Waals surface area contributed by atoms with Gasteiger partial charge in [-0.05, 0) is 56.2 Å². The maximum absolute atomic E-state index is 11.9. The highest BCUT2D eigenvalue weighted by Crippen LogP contribution is 2.39. The van der Waals surface area contributed by atoms with E-state index in [1.807, 2.05) is 37.3 Å². The van der Waals surface area contributed by atoms with Gasteiger partial charge < -0.3 is 20.3 Å². The van der Waals surface area contributed by atoms with Gasteiger partial charge in [-0.2, -0.15) is 0 Å². The molecule has 7 heteroatoms. The maximum Gasteiger partial charge on any atom is 0.313 e. The van der Waals surface area contributed by atoms with Crippen molar-refractivity contribution < 1.29 is 24.5 Å². The number of benzene rings is 2. The molecule has 0 saturated heterocycles. The number of anilines is 1. The number of carboxylic acid groups (broad SMARTS) is 2. The van der Waals surface area contributed by atoms with Gasteiger partial charge in [-0.3, -0.25) is 9.59 Å². The maximum atomic E-state index is 11.9. The van der Waals surface area contributed by atoms with Crippen LogP contribution in [0.2, 0.25) is 0 Å². The van der Waals surface area contributed by atoms with E-state index in [2.05, 4.69) is 16.4 Å². The number of hydrogen-bond acceptors (Lipinski definition) is 5. The van der Waals surface area contributed by atoms with Gasteiger partial charge >= 0.3 is 11.9 Å². The summed E-state index contributed by atoms with van der Waals surface area (Å²) in [6, 6.07) is 15.4. The third-order valence-electron chi connectivity index (χ3n) is 5.57. The molecule has 0 atom stereocenters. The monoisotopic (exact) mass is 448 g/mol. The predicted molar refractivity (Wildman–Crippen MR) is 127 cm³/mol. The van der Waals surface area contributed by atoms with E-state index in [4.69, 9.17) is 4.74 Å². The third-order valence-corrected chi connectivity index (χ3v) is 5.57.